The number of esters is 1. The van der Waals surface area contributed by atoms with E-state index in [0.29, 0.717) is 26.1 Å². The standard InChI is InChI=1S/C10H17N3O2/c1-3-15-10(14)4-5-11-6-9-8(2)12-7-13-9/h7,11H,3-6H2,1-2H3,(H,12,13). The van der Waals surface area contributed by atoms with E-state index in [1.165, 1.54) is 0 Å². The summed E-state index contributed by atoms with van der Waals surface area (Å²) in [6.45, 7) is 5.50. The maximum Gasteiger partial charge on any atom is 0.307 e. The van der Waals surface area contributed by atoms with E-state index in [1.807, 2.05) is 6.92 Å². The molecule has 5 heteroatoms. The van der Waals surface area contributed by atoms with Crippen molar-refractivity contribution in [2.45, 2.75) is 26.8 Å². The second-order valence-corrected chi connectivity index (χ2v) is 3.21. The number of H-pyrrole nitrogens is 1. The van der Waals surface area contributed by atoms with Crippen LogP contribution in [0.2, 0.25) is 0 Å². The minimum Gasteiger partial charge on any atom is -0.466 e. The number of aryl methyl sites for hydroxylation is 1. The van der Waals surface area contributed by atoms with E-state index in [9.17, 15) is 4.79 Å². The fraction of sp³-hybridized carbons (Fsp3) is 0.600. The summed E-state index contributed by atoms with van der Waals surface area (Å²) in [4.78, 5) is 18.1. The van der Waals surface area contributed by atoms with Gasteiger partial charge in [-0.05, 0) is 13.8 Å². The number of aromatic nitrogens is 2. The van der Waals surface area contributed by atoms with Gasteiger partial charge in [0.25, 0.3) is 0 Å². The van der Waals surface area contributed by atoms with Crippen LogP contribution in [0, 0.1) is 6.92 Å². The Morgan fingerprint density at radius 1 is 1.67 bits per heavy atom. The van der Waals surface area contributed by atoms with Gasteiger partial charge < -0.3 is 15.0 Å². The Kier molecular flexibility index (Phi) is 4.83. The summed E-state index contributed by atoms with van der Waals surface area (Å²) >= 11 is 0. The van der Waals surface area contributed by atoms with E-state index in [2.05, 4.69) is 15.3 Å². The van der Waals surface area contributed by atoms with Crippen LogP contribution in [0.3, 0.4) is 0 Å². The summed E-state index contributed by atoms with van der Waals surface area (Å²) < 4.78 is 4.80. The molecule has 15 heavy (non-hydrogen) atoms. The van der Waals surface area contributed by atoms with Gasteiger partial charge in [-0.25, -0.2) is 4.98 Å². The van der Waals surface area contributed by atoms with Gasteiger partial charge in [-0.2, -0.15) is 0 Å². The van der Waals surface area contributed by atoms with Gasteiger partial charge >= 0.3 is 5.97 Å². The van der Waals surface area contributed by atoms with Crippen LogP contribution >= 0.6 is 0 Å². The van der Waals surface area contributed by atoms with E-state index in [0.717, 1.165) is 11.4 Å². The third kappa shape index (κ3) is 4.12. The zero-order valence-corrected chi connectivity index (χ0v) is 9.17. The van der Waals surface area contributed by atoms with E-state index in [1.54, 1.807) is 13.3 Å². The van der Waals surface area contributed by atoms with Crippen molar-refractivity contribution >= 4 is 5.97 Å². The highest BCUT2D eigenvalue weighted by Crippen LogP contribution is 1.98. The van der Waals surface area contributed by atoms with Crippen LogP contribution in [0.1, 0.15) is 24.7 Å². The number of nitrogens with zero attached hydrogens (tertiary/aromatic N) is 1. The van der Waals surface area contributed by atoms with Crippen molar-refractivity contribution in [1.29, 1.82) is 0 Å². The van der Waals surface area contributed by atoms with Gasteiger partial charge in [0.15, 0.2) is 0 Å². The average molecular weight is 211 g/mol. The maximum atomic E-state index is 11.0. The Hall–Kier alpha value is -1.36. The zero-order chi connectivity index (χ0) is 11.1. The molecule has 0 aliphatic heterocycles. The van der Waals surface area contributed by atoms with Gasteiger partial charge in [-0.15, -0.1) is 0 Å². The summed E-state index contributed by atoms with van der Waals surface area (Å²) in [5.41, 5.74) is 2.04. The molecule has 1 aromatic heterocycles. The highest BCUT2D eigenvalue weighted by atomic mass is 16.5. The van der Waals surface area contributed by atoms with E-state index in [4.69, 9.17) is 4.74 Å². The van der Waals surface area contributed by atoms with Gasteiger partial charge in [-0.3, -0.25) is 4.79 Å². The first-order valence-electron chi connectivity index (χ1n) is 5.09. The fourth-order valence-electron chi connectivity index (χ4n) is 1.20. The molecular formula is C10H17N3O2. The van der Waals surface area contributed by atoms with Crippen LogP contribution in [0.4, 0.5) is 0 Å². The monoisotopic (exact) mass is 211 g/mol. The lowest BCUT2D eigenvalue weighted by molar-refractivity contribution is -0.142. The van der Waals surface area contributed by atoms with Crippen molar-refractivity contribution in [2.75, 3.05) is 13.2 Å². The van der Waals surface area contributed by atoms with Crippen LogP contribution in [0.5, 0.6) is 0 Å². The minimum absolute atomic E-state index is 0.163. The number of aromatic amines is 1. The number of carbonyl (C=O) groups excluding carboxylic acids is 1. The molecule has 0 bridgehead atoms. The van der Waals surface area contributed by atoms with Crippen molar-refractivity contribution in [2.24, 2.45) is 0 Å². The van der Waals surface area contributed by atoms with Crippen molar-refractivity contribution in [3.8, 4) is 0 Å². The Morgan fingerprint density at radius 2 is 2.47 bits per heavy atom. The number of imidazole rings is 1. The van der Waals surface area contributed by atoms with Gasteiger partial charge in [0.2, 0.25) is 0 Å². The lowest BCUT2D eigenvalue weighted by atomic mass is 10.3. The first-order chi connectivity index (χ1) is 7.24. The van der Waals surface area contributed by atoms with Crippen molar-refractivity contribution in [3.63, 3.8) is 0 Å². The van der Waals surface area contributed by atoms with E-state index < -0.39 is 0 Å². The molecule has 0 aromatic carbocycles. The molecule has 0 amide bonds. The molecule has 0 aliphatic carbocycles. The third-order valence-electron chi connectivity index (χ3n) is 2.04. The van der Waals surface area contributed by atoms with Gasteiger partial charge in [0.05, 0.1) is 25.0 Å². The number of hydrogen-bond acceptors (Lipinski definition) is 4. The second-order valence-electron chi connectivity index (χ2n) is 3.21. The van der Waals surface area contributed by atoms with Crippen LogP contribution in [0.15, 0.2) is 6.33 Å². The molecule has 2 N–H and O–H groups in total. The van der Waals surface area contributed by atoms with E-state index in [-0.39, 0.29) is 5.97 Å². The van der Waals surface area contributed by atoms with Crippen LogP contribution in [-0.4, -0.2) is 29.1 Å². The third-order valence-corrected chi connectivity index (χ3v) is 2.04. The lowest BCUT2D eigenvalue weighted by Crippen LogP contribution is -2.19. The molecule has 0 atom stereocenters. The quantitative estimate of drug-likeness (QED) is 0.538. The van der Waals surface area contributed by atoms with Gasteiger partial charge in [-0.1, -0.05) is 0 Å². The van der Waals surface area contributed by atoms with Crippen LogP contribution < -0.4 is 5.32 Å². The fourth-order valence-corrected chi connectivity index (χ4v) is 1.20. The smallest absolute Gasteiger partial charge is 0.307 e. The summed E-state index contributed by atoms with van der Waals surface area (Å²) in [5.74, 6) is -0.163. The number of nitrogens with one attached hydrogen (secondary N) is 2. The molecule has 0 unspecified atom stereocenters. The second kappa shape index (κ2) is 6.19. The largest absolute Gasteiger partial charge is 0.466 e. The number of ether oxygens (including phenoxy) is 1. The van der Waals surface area contributed by atoms with E-state index >= 15 is 0 Å². The molecule has 0 spiro atoms. The molecule has 0 radical (unpaired) electrons. The molecule has 0 saturated heterocycles. The summed E-state index contributed by atoms with van der Waals surface area (Å²) in [5, 5.41) is 3.13. The zero-order valence-electron chi connectivity index (χ0n) is 9.17. The van der Waals surface area contributed by atoms with Gasteiger partial charge in [0.1, 0.15) is 0 Å². The predicted molar refractivity (Wildman–Crippen MR) is 56.3 cm³/mol. The Morgan fingerprint density at radius 3 is 3.07 bits per heavy atom. The topological polar surface area (TPSA) is 67.0 Å². The molecule has 0 fully saturated rings. The number of rotatable bonds is 6. The molecule has 1 rings (SSSR count). The summed E-state index contributed by atoms with van der Waals surface area (Å²) in [7, 11) is 0. The highest BCUT2D eigenvalue weighted by molar-refractivity contribution is 5.69. The Labute approximate surface area is 89.2 Å². The van der Waals surface area contributed by atoms with Crippen LogP contribution in [0.25, 0.3) is 0 Å². The van der Waals surface area contributed by atoms with Gasteiger partial charge in [0, 0.05) is 18.8 Å². The number of carbonyl (C=O) groups is 1. The lowest BCUT2D eigenvalue weighted by Gasteiger charge is -2.03. The molecule has 84 valence electrons. The maximum absolute atomic E-state index is 11.0. The normalized spacial score (nSPS) is 10.3. The summed E-state index contributed by atoms with van der Waals surface area (Å²) in [6, 6.07) is 0. The molecule has 1 aromatic rings. The first-order valence-corrected chi connectivity index (χ1v) is 5.09. The average Bonchev–Trinajstić information content (AvgIpc) is 2.60. The predicted octanol–water partition coefficient (Wildman–Crippen LogP) is 0.761. The Bertz CT molecular complexity index is 309. The molecule has 0 aliphatic rings. The van der Waals surface area contributed by atoms with Crippen molar-refractivity contribution < 1.29 is 9.53 Å². The molecule has 0 saturated carbocycles. The van der Waals surface area contributed by atoms with Crippen molar-refractivity contribution in [1.82, 2.24) is 15.3 Å². The number of hydrogen-bond donors (Lipinski definition) is 2. The summed E-state index contributed by atoms with van der Waals surface area (Å²) in [6.07, 6.45) is 2.06. The Balaban J connectivity index is 2.12. The molecular weight excluding hydrogens is 194 g/mol. The van der Waals surface area contributed by atoms with Crippen LogP contribution in [-0.2, 0) is 16.1 Å². The highest BCUT2D eigenvalue weighted by Gasteiger charge is 2.02. The first kappa shape index (κ1) is 11.7. The SMILES string of the molecule is CCOC(=O)CCNCc1nc[nH]c1C. The molecule has 1 heterocycles. The minimum atomic E-state index is -0.163. The molecule has 5 nitrogen and oxygen atoms in total. The van der Waals surface area contributed by atoms with Crippen molar-refractivity contribution in [3.05, 3.63) is 17.7 Å².